The van der Waals surface area contributed by atoms with Crippen LogP contribution in [0, 0.1) is 11.8 Å². The van der Waals surface area contributed by atoms with Gasteiger partial charge in [-0.1, -0.05) is 0 Å². The van der Waals surface area contributed by atoms with Crippen LogP contribution in [-0.2, 0) is 9.47 Å². The van der Waals surface area contributed by atoms with Gasteiger partial charge in [-0.2, -0.15) is 0 Å². The first kappa shape index (κ1) is 17.0. The van der Waals surface area contributed by atoms with E-state index in [0.717, 1.165) is 31.9 Å². The van der Waals surface area contributed by atoms with Gasteiger partial charge in [0.05, 0.1) is 6.61 Å². The van der Waals surface area contributed by atoms with E-state index in [9.17, 15) is 4.79 Å². The van der Waals surface area contributed by atoms with Gasteiger partial charge < -0.3 is 19.7 Å². The summed E-state index contributed by atoms with van der Waals surface area (Å²) in [6.45, 7) is 7.45. The molecule has 1 amide bonds. The Bertz CT molecular complexity index is 430. The highest BCUT2D eigenvalue weighted by atomic mass is 16.6. The van der Waals surface area contributed by atoms with E-state index in [0.29, 0.717) is 24.0 Å². The van der Waals surface area contributed by atoms with Crippen LogP contribution in [0.25, 0.3) is 0 Å². The molecule has 5 nitrogen and oxygen atoms in total. The van der Waals surface area contributed by atoms with Crippen LogP contribution in [0.1, 0.15) is 52.9 Å². The average molecular weight is 324 g/mol. The van der Waals surface area contributed by atoms with Gasteiger partial charge in [-0.3, -0.25) is 0 Å². The maximum absolute atomic E-state index is 12.4. The third-order valence-corrected chi connectivity index (χ3v) is 5.29. The van der Waals surface area contributed by atoms with Crippen LogP contribution < -0.4 is 5.32 Å². The average Bonchev–Trinajstić information content (AvgIpc) is 3.22. The molecule has 0 aromatic carbocycles. The Labute approximate surface area is 140 Å². The van der Waals surface area contributed by atoms with Gasteiger partial charge in [0.25, 0.3) is 0 Å². The van der Waals surface area contributed by atoms with Crippen molar-refractivity contribution >= 4 is 6.09 Å². The SMILES string of the molecule is COCC(NC1CC2CC(C1)N(C(=O)OC(C)(C)C)C2)C1CC1. The fourth-order valence-electron chi connectivity index (χ4n) is 4.22. The minimum atomic E-state index is -0.416. The Morgan fingerprint density at radius 3 is 2.61 bits per heavy atom. The zero-order valence-electron chi connectivity index (χ0n) is 15.0. The zero-order chi connectivity index (χ0) is 16.6. The first-order valence-electron chi connectivity index (χ1n) is 9.10. The predicted octanol–water partition coefficient (Wildman–Crippen LogP) is 2.79. The molecule has 0 aromatic rings. The third kappa shape index (κ3) is 4.38. The van der Waals surface area contributed by atoms with Gasteiger partial charge in [-0.15, -0.1) is 0 Å². The summed E-state index contributed by atoms with van der Waals surface area (Å²) < 4.78 is 11.0. The van der Waals surface area contributed by atoms with Crippen LogP contribution >= 0.6 is 0 Å². The van der Waals surface area contributed by atoms with Crippen LogP contribution in [-0.4, -0.2) is 55.0 Å². The number of rotatable bonds is 5. The number of carbonyl (C=O) groups excluding carboxylic acids is 1. The van der Waals surface area contributed by atoms with E-state index in [-0.39, 0.29) is 6.09 Å². The lowest BCUT2D eigenvalue weighted by atomic mass is 9.86. The Morgan fingerprint density at radius 2 is 2.00 bits per heavy atom. The first-order valence-corrected chi connectivity index (χ1v) is 9.10. The van der Waals surface area contributed by atoms with Gasteiger partial charge in [-0.25, -0.2) is 4.79 Å². The summed E-state index contributed by atoms with van der Waals surface area (Å²) in [4.78, 5) is 14.4. The minimum absolute atomic E-state index is 0.138. The topological polar surface area (TPSA) is 50.8 Å². The second-order valence-corrected chi connectivity index (χ2v) is 8.62. The van der Waals surface area contributed by atoms with Gasteiger partial charge in [0.2, 0.25) is 0 Å². The monoisotopic (exact) mass is 324 g/mol. The Balaban J connectivity index is 1.55. The van der Waals surface area contributed by atoms with Crippen molar-refractivity contribution in [3.63, 3.8) is 0 Å². The van der Waals surface area contributed by atoms with Crippen molar-refractivity contribution in [3.8, 4) is 0 Å². The highest BCUT2D eigenvalue weighted by Crippen LogP contribution is 2.38. The van der Waals surface area contributed by atoms with Gasteiger partial charge in [0.1, 0.15) is 5.60 Å². The molecule has 3 aliphatic rings. The lowest BCUT2D eigenvalue weighted by Crippen LogP contribution is -2.47. The van der Waals surface area contributed by atoms with Crippen LogP contribution in [0.2, 0.25) is 0 Å². The minimum Gasteiger partial charge on any atom is -0.444 e. The molecule has 2 aliphatic carbocycles. The van der Waals surface area contributed by atoms with Crippen molar-refractivity contribution in [2.75, 3.05) is 20.3 Å². The van der Waals surface area contributed by atoms with Crippen molar-refractivity contribution in [1.82, 2.24) is 10.2 Å². The maximum Gasteiger partial charge on any atom is 0.410 e. The molecular weight excluding hydrogens is 292 g/mol. The van der Waals surface area contributed by atoms with Gasteiger partial charge in [0.15, 0.2) is 0 Å². The molecule has 2 saturated carbocycles. The lowest BCUT2D eigenvalue weighted by molar-refractivity contribution is 0.0217. The number of hydrogen-bond donors (Lipinski definition) is 1. The number of amides is 1. The van der Waals surface area contributed by atoms with Crippen molar-refractivity contribution in [2.45, 2.75) is 76.6 Å². The molecule has 1 saturated heterocycles. The number of methoxy groups -OCH3 is 1. The highest BCUT2D eigenvalue weighted by Gasteiger charge is 2.44. The molecule has 0 radical (unpaired) electrons. The quantitative estimate of drug-likeness (QED) is 0.845. The number of nitrogens with one attached hydrogen (secondary N) is 1. The van der Waals surface area contributed by atoms with Crippen molar-refractivity contribution in [2.24, 2.45) is 11.8 Å². The Kier molecular flexibility index (Phi) is 4.88. The second kappa shape index (κ2) is 6.60. The van der Waals surface area contributed by atoms with Gasteiger partial charge in [0, 0.05) is 31.8 Å². The van der Waals surface area contributed by atoms with Crippen LogP contribution in [0.5, 0.6) is 0 Å². The second-order valence-electron chi connectivity index (χ2n) is 8.62. The van der Waals surface area contributed by atoms with Crippen LogP contribution in [0.15, 0.2) is 0 Å². The molecule has 2 bridgehead atoms. The molecule has 0 aromatic heterocycles. The molecule has 23 heavy (non-hydrogen) atoms. The fourth-order valence-corrected chi connectivity index (χ4v) is 4.22. The molecule has 3 rings (SSSR count). The van der Waals surface area contributed by atoms with E-state index in [2.05, 4.69) is 5.32 Å². The van der Waals surface area contributed by atoms with E-state index in [1.165, 1.54) is 19.3 Å². The molecular formula is C18H32N2O3. The number of ether oxygens (including phenoxy) is 2. The van der Waals surface area contributed by atoms with Crippen molar-refractivity contribution < 1.29 is 14.3 Å². The van der Waals surface area contributed by atoms with Crippen molar-refractivity contribution in [1.29, 1.82) is 0 Å². The van der Waals surface area contributed by atoms with Gasteiger partial charge >= 0.3 is 6.09 Å². The molecule has 4 unspecified atom stereocenters. The highest BCUT2D eigenvalue weighted by molar-refractivity contribution is 5.69. The molecule has 1 N–H and O–H groups in total. The van der Waals surface area contributed by atoms with E-state index < -0.39 is 5.60 Å². The maximum atomic E-state index is 12.4. The molecule has 132 valence electrons. The Morgan fingerprint density at radius 1 is 1.26 bits per heavy atom. The molecule has 3 fully saturated rings. The van der Waals surface area contributed by atoms with E-state index in [1.54, 1.807) is 7.11 Å². The summed E-state index contributed by atoms with van der Waals surface area (Å²) >= 11 is 0. The van der Waals surface area contributed by atoms with E-state index in [1.807, 2.05) is 25.7 Å². The van der Waals surface area contributed by atoms with Crippen LogP contribution in [0.4, 0.5) is 4.79 Å². The fraction of sp³-hybridized carbons (Fsp3) is 0.944. The zero-order valence-corrected chi connectivity index (χ0v) is 15.0. The Hall–Kier alpha value is -0.810. The van der Waals surface area contributed by atoms with E-state index >= 15 is 0 Å². The molecule has 4 atom stereocenters. The number of likely N-dealkylation sites (tertiary alicyclic amines) is 1. The summed E-state index contributed by atoms with van der Waals surface area (Å²) in [5, 5.41) is 3.82. The summed E-state index contributed by atoms with van der Waals surface area (Å²) in [5.74, 6) is 1.40. The number of fused-ring (bicyclic) bond motifs is 2. The lowest BCUT2D eigenvalue weighted by Gasteiger charge is -2.33. The molecule has 0 spiro atoms. The summed E-state index contributed by atoms with van der Waals surface area (Å²) in [6, 6.07) is 1.33. The van der Waals surface area contributed by atoms with Crippen molar-refractivity contribution in [3.05, 3.63) is 0 Å². The smallest absolute Gasteiger partial charge is 0.410 e. The third-order valence-electron chi connectivity index (χ3n) is 5.29. The summed E-state index contributed by atoms with van der Waals surface area (Å²) in [7, 11) is 1.78. The number of carbonyl (C=O) groups is 1. The number of hydrogen-bond acceptors (Lipinski definition) is 4. The first-order chi connectivity index (χ1) is 10.9. The predicted molar refractivity (Wildman–Crippen MR) is 89.4 cm³/mol. The normalized spacial score (nSPS) is 32.0. The van der Waals surface area contributed by atoms with Gasteiger partial charge in [-0.05, 0) is 64.7 Å². The molecule has 5 heteroatoms. The largest absolute Gasteiger partial charge is 0.444 e. The van der Waals surface area contributed by atoms with Crippen LogP contribution in [0.3, 0.4) is 0 Å². The molecule has 1 aliphatic heterocycles. The summed E-state index contributed by atoms with van der Waals surface area (Å²) in [5.41, 5.74) is -0.416. The standard InChI is InChI=1S/C18H32N2O3/c1-18(2,3)23-17(21)20-10-12-7-14(9-15(20)8-12)19-16(11-22-4)13-5-6-13/h12-16,19H,5-11H2,1-4H3. The summed E-state index contributed by atoms with van der Waals surface area (Å²) in [6.07, 6.45) is 5.86. The number of nitrogens with zero attached hydrogens (tertiary/aromatic N) is 1. The van der Waals surface area contributed by atoms with E-state index in [4.69, 9.17) is 9.47 Å². The molecule has 1 heterocycles.